The molecule has 0 fully saturated rings. The van der Waals surface area contributed by atoms with E-state index in [-0.39, 0.29) is 17.3 Å². The number of rotatable bonds is 9. The number of tetrazole rings is 1. The summed E-state index contributed by atoms with van der Waals surface area (Å²) in [5, 5.41) is 21.0. The lowest BCUT2D eigenvalue weighted by Gasteiger charge is -2.09. The van der Waals surface area contributed by atoms with E-state index in [1.54, 1.807) is 36.4 Å². The maximum absolute atomic E-state index is 12.5. The van der Waals surface area contributed by atoms with Crippen LogP contribution in [0.25, 0.3) is 11.3 Å². The van der Waals surface area contributed by atoms with Crippen LogP contribution >= 0.6 is 0 Å². The van der Waals surface area contributed by atoms with Crippen LogP contribution in [0.5, 0.6) is 5.75 Å². The minimum Gasteiger partial charge on any atom is -0.496 e. The third-order valence-corrected chi connectivity index (χ3v) is 5.21. The van der Waals surface area contributed by atoms with Crippen molar-refractivity contribution in [2.24, 2.45) is 5.73 Å². The Labute approximate surface area is 194 Å². The smallest absolute Gasteiger partial charge is 0.255 e. The van der Waals surface area contributed by atoms with Crippen LogP contribution in [0.1, 0.15) is 32.1 Å². The van der Waals surface area contributed by atoms with Gasteiger partial charge in [0, 0.05) is 18.5 Å². The largest absolute Gasteiger partial charge is 0.496 e. The van der Waals surface area contributed by atoms with Gasteiger partial charge in [-0.25, -0.2) is 4.68 Å². The number of nitrogen functional groups attached to an aromatic ring is 1. The zero-order valence-electron chi connectivity index (χ0n) is 18.4. The number of benzene rings is 2. The molecule has 4 aromatic rings. The van der Waals surface area contributed by atoms with Crippen molar-refractivity contribution in [3.8, 4) is 17.0 Å². The van der Waals surface area contributed by atoms with Crippen molar-refractivity contribution in [2.75, 3.05) is 12.8 Å². The number of anilines is 1. The highest BCUT2D eigenvalue weighted by atomic mass is 16.5. The average molecular weight is 461 g/mol. The lowest BCUT2D eigenvalue weighted by atomic mass is 10.0. The number of carbonyl (C=O) groups is 2. The lowest BCUT2D eigenvalue weighted by Crippen LogP contribution is -2.23. The molecule has 4 rings (SSSR count). The van der Waals surface area contributed by atoms with E-state index < -0.39 is 5.91 Å². The number of nitrogens with two attached hydrogens (primary N) is 2. The summed E-state index contributed by atoms with van der Waals surface area (Å²) in [6.45, 7) is 0.653. The maximum atomic E-state index is 12.5. The topological polar surface area (TPSA) is 180 Å². The van der Waals surface area contributed by atoms with Gasteiger partial charge in [0.05, 0.1) is 19.2 Å². The molecule has 0 aliphatic carbocycles. The fourth-order valence-electron chi connectivity index (χ4n) is 3.47. The molecule has 0 aliphatic rings. The number of para-hydroxylation sites is 1. The van der Waals surface area contributed by atoms with Crippen molar-refractivity contribution in [3.63, 3.8) is 0 Å². The number of H-pyrrole nitrogens is 1. The molecule has 2 amide bonds. The second-order valence-corrected chi connectivity index (χ2v) is 7.35. The Kier molecular flexibility index (Phi) is 6.48. The Bertz CT molecular complexity index is 1300. The predicted octanol–water partition coefficient (Wildman–Crippen LogP) is 0.926. The molecule has 0 aliphatic heterocycles. The molecule has 12 heteroatoms. The molecular formula is C22H23N9O3. The summed E-state index contributed by atoms with van der Waals surface area (Å²) < 4.78 is 6.73. The number of ether oxygens (including phenoxy) is 1. The van der Waals surface area contributed by atoms with Gasteiger partial charge in [-0.05, 0) is 17.7 Å². The standard InChI is InChI=1S/C22H23N9O3/c1-34-16-5-3-2-4-15(16)22(33)25-12-13-6-8-14(9-7-13)19-18(21(24)32)20(23)31(28-19)11-10-17-26-29-30-27-17/h2-9H,10-12,23H2,1H3,(H2,24,32)(H,25,33)(H,26,27,29,30). The zero-order valence-corrected chi connectivity index (χ0v) is 18.4. The number of aromatic nitrogens is 6. The van der Waals surface area contributed by atoms with Gasteiger partial charge in [0.25, 0.3) is 11.8 Å². The monoisotopic (exact) mass is 461 g/mol. The van der Waals surface area contributed by atoms with Gasteiger partial charge in [-0.15, -0.1) is 10.2 Å². The van der Waals surface area contributed by atoms with E-state index in [0.717, 1.165) is 5.56 Å². The normalized spacial score (nSPS) is 10.7. The number of methoxy groups -OCH3 is 1. The third-order valence-electron chi connectivity index (χ3n) is 5.21. The molecule has 2 heterocycles. The van der Waals surface area contributed by atoms with Gasteiger partial charge in [0.2, 0.25) is 0 Å². The molecule has 0 atom stereocenters. The summed E-state index contributed by atoms with van der Waals surface area (Å²) in [6.07, 6.45) is 0.421. The Balaban J connectivity index is 1.49. The highest BCUT2D eigenvalue weighted by Crippen LogP contribution is 2.27. The molecule has 6 N–H and O–H groups in total. The van der Waals surface area contributed by atoms with Crippen LogP contribution in [0, 0.1) is 0 Å². The van der Waals surface area contributed by atoms with E-state index in [0.29, 0.717) is 47.9 Å². The van der Waals surface area contributed by atoms with Crippen molar-refractivity contribution in [1.82, 2.24) is 35.7 Å². The van der Waals surface area contributed by atoms with Crippen molar-refractivity contribution in [3.05, 3.63) is 71.0 Å². The van der Waals surface area contributed by atoms with Gasteiger partial charge in [-0.3, -0.25) is 9.59 Å². The average Bonchev–Trinajstić information content (AvgIpc) is 3.49. The van der Waals surface area contributed by atoms with Crippen molar-refractivity contribution < 1.29 is 14.3 Å². The number of amides is 2. The Morgan fingerprint density at radius 1 is 1.15 bits per heavy atom. The van der Waals surface area contributed by atoms with Crippen molar-refractivity contribution in [2.45, 2.75) is 19.5 Å². The Morgan fingerprint density at radius 3 is 2.59 bits per heavy atom. The number of hydrogen-bond donors (Lipinski definition) is 4. The van der Waals surface area contributed by atoms with Gasteiger partial charge < -0.3 is 21.5 Å². The fraction of sp³-hybridized carbons (Fsp3) is 0.182. The molecule has 0 radical (unpaired) electrons. The summed E-state index contributed by atoms with van der Waals surface area (Å²) >= 11 is 0. The van der Waals surface area contributed by atoms with Crippen LogP contribution in [0.2, 0.25) is 0 Å². The second kappa shape index (κ2) is 9.81. The summed E-state index contributed by atoms with van der Waals surface area (Å²) in [4.78, 5) is 24.6. The minimum absolute atomic E-state index is 0.144. The van der Waals surface area contributed by atoms with Crippen LogP contribution in [0.15, 0.2) is 48.5 Å². The number of aromatic amines is 1. The summed E-state index contributed by atoms with van der Waals surface area (Å²) in [5.74, 6) is 0.245. The highest BCUT2D eigenvalue weighted by Gasteiger charge is 2.21. The van der Waals surface area contributed by atoms with E-state index in [4.69, 9.17) is 16.2 Å². The molecule has 2 aromatic heterocycles. The number of carbonyl (C=O) groups excluding carboxylic acids is 2. The van der Waals surface area contributed by atoms with Crippen molar-refractivity contribution >= 4 is 17.6 Å². The zero-order chi connectivity index (χ0) is 24.1. The maximum Gasteiger partial charge on any atom is 0.255 e. The number of aryl methyl sites for hydroxylation is 2. The van der Waals surface area contributed by atoms with E-state index in [1.807, 2.05) is 12.1 Å². The van der Waals surface area contributed by atoms with E-state index in [9.17, 15) is 9.59 Å². The van der Waals surface area contributed by atoms with Gasteiger partial charge in [0.1, 0.15) is 22.8 Å². The summed E-state index contributed by atoms with van der Waals surface area (Å²) in [7, 11) is 1.52. The van der Waals surface area contributed by atoms with Crippen LogP contribution in [0.4, 0.5) is 5.82 Å². The first kappa shape index (κ1) is 22.5. The Morgan fingerprint density at radius 2 is 1.91 bits per heavy atom. The molecule has 12 nitrogen and oxygen atoms in total. The van der Waals surface area contributed by atoms with Gasteiger partial charge in [-0.1, -0.05) is 41.6 Å². The molecule has 0 bridgehead atoms. The predicted molar refractivity (Wildman–Crippen MR) is 123 cm³/mol. The van der Waals surface area contributed by atoms with Gasteiger partial charge in [-0.2, -0.15) is 10.3 Å². The van der Waals surface area contributed by atoms with Crippen molar-refractivity contribution in [1.29, 1.82) is 0 Å². The third kappa shape index (κ3) is 4.70. The first-order valence-electron chi connectivity index (χ1n) is 10.4. The highest BCUT2D eigenvalue weighted by molar-refractivity contribution is 6.03. The van der Waals surface area contributed by atoms with Crippen LogP contribution in [0.3, 0.4) is 0 Å². The first-order valence-corrected chi connectivity index (χ1v) is 10.4. The number of primary amides is 1. The number of nitrogens with one attached hydrogen (secondary N) is 2. The fourth-order valence-corrected chi connectivity index (χ4v) is 3.47. The number of nitrogens with zero attached hydrogens (tertiary/aromatic N) is 5. The lowest BCUT2D eigenvalue weighted by molar-refractivity contribution is 0.0946. The first-order chi connectivity index (χ1) is 16.5. The second-order valence-electron chi connectivity index (χ2n) is 7.35. The quantitative estimate of drug-likeness (QED) is 0.284. The van der Waals surface area contributed by atoms with Crippen LogP contribution < -0.4 is 21.5 Å². The number of hydrogen-bond acceptors (Lipinski definition) is 8. The van der Waals surface area contributed by atoms with Crippen LogP contribution in [-0.2, 0) is 19.5 Å². The van der Waals surface area contributed by atoms with E-state index >= 15 is 0 Å². The molecule has 0 saturated carbocycles. The van der Waals surface area contributed by atoms with E-state index in [1.165, 1.54) is 11.8 Å². The van der Waals surface area contributed by atoms with Crippen LogP contribution in [-0.4, -0.2) is 49.3 Å². The summed E-state index contributed by atoms with van der Waals surface area (Å²) in [6, 6.07) is 14.2. The Hall–Kier alpha value is -4.74. The summed E-state index contributed by atoms with van der Waals surface area (Å²) in [5.41, 5.74) is 14.2. The molecule has 0 saturated heterocycles. The minimum atomic E-state index is -0.675. The van der Waals surface area contributed by atoms with Gasteiger partial charge in [0.15, 0.2) is 5.82 Å². The molecule has 2 aromatic carbocycles. The molecule has 0 spiro atoms. The molecule has 174 valence electrons. The SMILES string of the molecule is COc1ccccc1C(=O)NCc1ccc(-c2nn(CCc3nn[nH]n3)c(N)c2C(N)=O)cc1. The van der Waals surface area contributed by atoms with E-state index in [2.05, 4.69) is 31.0 Å². The molecule has 34 heavy (non-hydrogen) atoms. The van der Waals surface area contributed by atoms with Gasteiger partial charge >= 0.3 is 0 Å². The molecule has 0 unspecified atom stereocenters. The molecular weight excluding hydrogens is 438 g/mol.